The molecule has 0 aliphatic heterocycles. The summed E-state index contributed by atoms with van der Waals surface area (Å²) in [6.07, 6.45) is 5.68. The molecular formula is C16H28N4O3. The summed E-state index contributed by atoms with van der Waals surface area (Å²) in [6, 6.07) is 0.246. The Hall–Kier alpha value is -1.92. The van der Waals surface area contributed by atoms with E-state index in [1.807, 2.05) is 0 Å². The lowest BCUT2D eigenvalue weighted by Crippen LogP contribution is -2.47. The number of hydrogen-bond acceptors (Lipinski definition) is 4. The van der Waals surface area contributed by atoms with E-state index in [1.54, 1.807) is 27.7 Å². The third-order valence-electron chi connectivity index (χ3n) is 3.43. The van der Waals surface area contributed by atoms with Crippen molar-refractivity contribution in [1.29, 1.82) is 0 Å². The van der Waals surface area contributed by atoms with Gasteiger partial charge in [0.1, 0.15) is 0 Å². The zero-order valence-corrected chi connectivity index (χ0v) is 14.5. The van der Waals surface area contributed by atoms with Gasteiger partial charge in [0.25, 0.3) is 0 Å². The van der Waals surface area contributed by atoms with Crippen molar-refractivity contribution in [3.05, 3.63) is 0 Å². The predicted octanol–water partition coefficient (Wildman–Crippen LogP) is 1.23. The van der Waals surface area contributed by atoms with E-state index in [2.05, 4.69) is 21.2 Å². The molecule has 1 aliphatic carbocycles. The van der Waals surface area contributed by atoms with E-state index >= 15 is 0 Å². The highest BCUT2D eigenvalue weighted by Gasteiger charge is 2.20. The first-order valence-corrected chi connectivity index (χ1v) is 8.12. The van der Waals surface area contributed by atoms with Crippen molar-refractivity contribution in [2.75, 3.05) is 0 Å². The fourth-order valence-electron chi connectivity index (χ4n) is 2.39. The predicted molar refractivity (Wildman–Crippen MR) is 88.8 cm³/mol. The molecule has 1 fully saturated rings. The van der Waals surface area contributed by atoms with Crippen LogP contribution in [0.15, 0.2) is 5.10 Å². The first kappa shape index (κ1) is 19.1. The largest absolute Gasteiger partial charge is 0.353 e. The highest BCUT2D eigenvalue weighted by Crippen LogP contribution is 2.17. The standard InChI is InChI=1S/C16H28N4O3/c1-11(10-13(21)17-12-8-6-5-7-9-12)19-20-15(23)14(22)18-16(2,3)4/h12H,5-10H2,1-4H3,(H,17,21)(H,18,22)(H,20,23)/b19-11-. The minimum Gasteiger partial charge on any atom is -0.353 e. The Labute approximate surface area is 137 Å². The SMILES string of the molecule is C/C(CC(=O)NC1CCCCC1)=N/NC(=O)C(=O)NC(C)(C)C. The van der Waals surface area contributed by atoms with Crippen molar-refractivity contribution in [3.63, 3.8) is 0 Å². The minimum atomic E-state index is -0.841. The van der Waals surface area contributed by atoms with Gasteiger partial charge in [-0.1, -0.05) is 19.3 Å². The van der Waals surface area contributed by atoms with Gasteiger partial charge in [0.15, 0.2) is 0 Å². The zero-order chi connectivity index (χ0) is 17.5. The minimum absolute atomic E-state index is 0.105. The second-order valence-corrected chi connectivity index (χ2v) is 7.07. The van der Waals surface area contributed by atoms with E-state index in [0.717, 1.165) is 25.7 Å². The summed E-state index contributed by atoms with van der Waals surface area (Å²) in [5.41, 5.74) is 2.13. The van der Waals surface area contributed by atoms with Crippen LogP contribution < -0.4 is 16.1 Å². The summed E-state index contributed by atoms with van der Waals surface area (Å²) in [7, 11) is 0. The third-order valence-corrected chi connectivity index (χ3v) is 3.43. The van der Waals surface area contributed by atoms with Crippen LogP contribution in [-0.2, 0) is 14.4 Å². The number of nitrogens with one attached hydrogen (secondary N) is 3. The highest BCUT2D eigenvalue weighted by molar-refractivity contribution is 6.35. The molecule has 1 saturated carbocycles. The molecule has 0 bridgehead atoms. The molecule has 7 nitrogen and oxygen atoms in total. The van der Waals surface area contributed by atoms with Crippen LogP contribution in [0, 0.1) is 0 Å². The molecule has 1 rings (SSSR count). The van der Waals surface area contributed by atoms with Gasteiger partial charge in [-0.05, 0) is 40.5 Å². The van der Waals surface area contributed by atoms with Crippen LogP contribution >= 0.6 is 0 Å². The Balaban J connectivity index is 2.36. The molecule has 0 aromatic rings. The first-order valence-electron chi connectivity index (χ1n) is 8.12. The molecule has 0 spiro atoms. The monoisotopic (exact) mass is 324 g/mol. The van der Waals surface area contributed by atoms with Crippen molar-refractivity contribution < 1.29 is 14.4 Å². The lowest BCUT2D eigenvalue weighted by atomic mass is 9.95. The fourth-order valence-corrected chi connectivity index (χ4v) is 2.39. The Bertz CT molecular complexity index is 474. The van der Waals surface area contributed by atoms with Crippen molar-refractivity contribution in [1.82, 2.24) is 16.1 Å². The van der Waals surface area contributed by atoms with Gasteiger partial charge in [0.05, 0.1) is 6.42 Å². The molecule has 1 aliphatic rings. The molecule has 23 heavy (non-hydrogen) atoms. The third kappa shape index (κ3) is 8.32. The van der Waals surface area contributed by atoms with Gasteiger partial charge in [-0.25, -0.2) is 5.43 Å². The number of nitrogens with zero attached hydrogens (tertiary/aromatic N) is 1. The van der Waals surface area contributed by atoms with E-state index in [0.29, 0.717) is 5.71 Å². The van der Waals surface area contributed by atoms with Crippen molar-refractivity contribution in [2.45, 2.75) is 77.8 Å². The lowest BCUT2D eigenvalue weighted by Gasteiger charge is -2.22. The highest BCUT2D eigenvalue weighted by atomic mass is 16.2. The topological polar surface area (TPSA) is 99.7 Å². The van der Waals surface area contributed by atoms with Crippen LogP contribution in [0.2, 0.25) is 0 Å². The first-order chi connectivity index (χ1) is 10.7. The van der Waals surface area contributed by atoms with E-state index < -0.39 is 17.4 Å². The molecule has 0 atom stereocenters. The fraction of sp³-hybridized carbons (Fsp3) is 0.750. The Morgan fingerprint density at radius 2 is 1.65 bits per heavy atom. The quantitative estimate of drug-likeness (QED) is 0.412. The number of carbonyl (C=O) groups excluding carboxylic acids is 3. The number of carbonyl (C=O) groups is 3. The summed E-state index contributed by atoms with van der Waals surface area (Å²) in [6.45, 7) is 6.98. The summed E-state index contributed by atoms with van der Waals surface area (Å²) in [4.78, 5) is 35.1. The average Bonchev–Trinajstić information content (AvgIpc) is 2.43. The van der Waals surface area contributed by atoms with Gasteiger partial charge < -0.3 is 10.6 Å². The van der Waals surface area contributed by atoms with Gasteiger partial charge in [0, 0.05) is 17.3 Å². The van der Waals surface area contributed by atoms with E-state index in [4.69, 9.17) is 0 Å². The van der Waals surface area contributed by atoms with Gasteiger partial charge in [-0.3, -0.25) is 14.4 Å². The molecule has 0 unspecified atom stereocenters. The number of hydrazone groups is 1. The maximum absolute atomic E-state index is 11.9. The molecule has 0 radical (unpaired) electrons. The van der Waals surface area contributed by atoms with Crippen molar-refractivity contribution in [2.24, 2.45) is 5.10 Å². The second kappa shape index (κ2) is 8.64. The summed E-state index contributed by atoms with van der Waals surface area (Å²) in [5, 5.41) is 9.32. The number of rotatable bonds is 4. The molecule has 0 aromatic carbocycles. The molecule has 0 aromatic heterocycles. The normalized spacial score (nSPS) is 16.6. The number of amides is 3. The number of hydrogen-bond donors (Lipinski definition) is 3. The zero-order valence-electron chi connectivity index (χ0n) is 14.5. The molecular weight excluding hydrogens is 296 g/mol. The Kier molecular flexibility index (Phi) is 7.19. The summed E-state index contributed by atoms with van der Waals surface area (Å²) < 4.78 is 0. The smallest absolute Gasteiger partial charge is 0.329 e. The molecule has 130 valence electrons. The average molecular weight is 324 g/mol. The van der Waals surface area contributed by atoms with Crippen LogP contribution in [0.25, 0.3) is 0 Å². The van der Waals surface area contributed by atoms with E-state index in [1.165, 1.54) is 6.42 Å². The van der Waals surface area contributed by atoms with Crippen LogP contribution in [0.1, 0.15) is 66.2 Å². The van der Waals surface area contributed by atoms with Crippen LogP contribution in [0.4, 0.5) is 0 Å². The van der Waals surface area contributed by atoms with Crippen LogP contribution in [-0.4, -0.2) is 35.0 Å². The van der Waals surface area contributed by atoms with Crippen molar-refractivity contribution >= 4 is 23.4 Å². The van der Waals surface area contributed by atoms with E-state index in [9.17, 15) is 14.4 Å². The molecule has 0 heterocycles. The van der Waals surface area contributed by atoms with Crippen LogP contribution in [0.5, 0.6) is 0 Å². The van der Waals surface area contributed by atoms with Crippen molar-refractivity contribution in [3.8, 4) is 0 Å². The Morgan fingerprint density at radius 3 is 2.22 bits per heavy atom. The summed E-state index contributed by atoms with van der Waals surface area (Å²) >= 11 is 0. The molecule has 7 heteroatoms. The summed E-state index contributed by atoms with van der Waals surface area (Å²) in [5.74, 6) is -1.70. The van der Waals surface area contributed by atoms with E-state index in [-0.39, 0.29) is 18.4 Å². The van der Waals surface area contributed by atoms with Gasteiger partial charge in [-0.2, -0.15) is 5.10 Å². The van der Waals surface area contributed by atoms with Gasteiger partial charge >= 0.3 is 11.8 Å². The Morgan fingerprint density at radius 1 is 1.04 bits per heavy atom. The molecule has 3 N–H and O–H groups in total. The molecule has 3 amide bonds. The maximum atomic E-state index is 11.9. The molecule has 0 saturated heterocycles. The maximum Gasteiger partial charge on any atom is 0.329 e. The van der Waals surface area contributed by atoms with Gasteiger partial charge in [-0.15, -0.1) is 0 Å². The second-order valence-electron chi connectivity index (χ2n) is 7.07. The lowest BCUT2D eigenvalue weighted by molar-refractivity contribution is -0.140. The van der Waals surface area contributed by atoms with Crippen LogP contribution in [0.3, 0.4) is 0 Å². The van der Waals surface area contributed by atoms with Gasteiger partial charge in [0.2, 0.25) is 5.91 Å².